The van der Waals surface area contributed by atoms with Crippen molar-refractivity contribution in [3.63, 3.8) is 0 Å². The minimum Gasteiger partial charge on any atom is -0.322 e. The van der Waals surface area contributed by atoms with Crippen LogP contribution in [0.3, 0.4) is 0 Å². The van der Waals surface area contributed by atoms with E-state index in [-0.39, 0.29) is 5.91 Å². The molecule has 0 bridgehead atoms. The van der Waals surface area contributed by atoms with Crippen LogP contribution in [0.5, 0.6) is 0 Å². The molecule has 2 aromatic carbocycles. The lowest BCUT2D eigenvalue weighted by molar-refractivity contribution is 0.102. The van der Waals surface area contributed by atoms with Gasteiger partial charge in [-0.2, -0.15) is 5.10 Å². The van der Waals surface area contributed by atoms with Crippen LogP contribution in [0.15, 0.2) is 53.4 Å². The van der Waals surface area contributed by atoms with E-state index in [9.17, 15) is 13.4 Å². The molecule has 0 aliphatic heterocycles. The van der Waals surface area contributed by atoms with E-state index in [0.717, 1.165) is 11.4 Å². The van der Waals surface area contributed by atoms with Gasteiger partial charge in [0, 0.05) is 38.9 Å². The number of nitrogens with zero attached hydrogens (tertiary/aromatic N) is 2. The zero-order chi connectivity index (χ0) is 18.8. The number of aryl methyl sites for hydroxylation is 2. The van der Waals surface area contributed by atoms with Gasteiger partial charge in [-0.1, -0.05) is 0 Å². The summed E-state index contributed by atoms with van der Waals surface area (Å²) >= 11 is 0. The Labute approximate surface area is 153 Å². The van der Waals surface area contributed by atoms with Gasteiger partial charge in [0.2, 0.25) is 0 Å². The molecule has 3 aromatic rings. The summed E-state index contributed by atoms with van der Waals surface area (Å²) < 4.78 is 27.4. The maximum absolute atomic E-state index is 14.5. The Bertz CT molecular complexity index is 997. The molecule has 1 amide bonds. The molecular weight excluding hydrogens is 353 g/mol. The van der Waals surface area contributed by atoms with E-state index in [1.807, 2.05) is 19.9 Å². The monoisotopic (exact) mass is 371 g/mol. The lowest BCUT2D eigenvalue weighted by Gasteiger charge is -2.10. The van der Waals surface area contributed by atoms with Gasteiger partial charge in [-0.05, 0) is 62.4 Å². The molecule has 0 spiro atoms. The number of benzene rings is 2. The molecule has 134 valence electrons. The van der Waals surface area contributed by atoms with Crippen molar-refractivity contribution in [2.75, 3.05) is 11.6 Å². The third kappa shape index (κ3) is 3.72. The molecular formula is C19H18FN3O2S. The summed E-state index contributed by atoms with van der Waals surface area (Å²) in [6.45, 7) is 3.69. The van der Waals surface area contributed by atoms with E-state index in [1.165, 1.54) is 10.7 Å². The van der Waals surface area contributed by atoms with Gasteiger partial charge in [0.05, 0.1) is 5.69 Å². The topological polar surface area (TPSA) is 64.0 Å². The maximum atomic E-state index is 14.5. The fourth-order valence-corrected chi connectivity index (χ4v) is 3.15. The molecule has 0 aliphatic rings. The van der Waals surface area contributed by atoms with Crippen LogP contribution in [0.2, 0.25) is 0 Å². The summed E-state index contributed by atoms with van der Waals surface area (Å²) in [7, 11) is -1.10. The average Bonchev–Trinajstić information content (AvgIpc) is 2.93. The first-order valence-corrected chi connectivity index (χ1v) is 9.49. The van der Waals surface area contributed by atoms with Crippen molar-refractivity contribution in [1.29, 1.82) is 0 Å². The molecule has 1 heterocycles. The quantitative estimate of drug-likeness (QED) is 0.762. The van der Waals surface area contributed by atoms with Crippen LogP contribution in [0.25, 0.3) is 5.69 Å². The third-order valence-electron chi connectivity index (χ3n) is 3.89. The minimum atomic E-state index is -1.10. The zero-order valence-electron chi connectivity index (χ0n) is 14.6. The average molecular weight is 371 g/mol. The Hall–Kier alpha value is -2.80. The first kappa shape index (κ1) is 18.0. The van der Waals surface area contributed by atoms with Crippen LogP contribution < -0.4 is 5.32 Å². The summed E-state index contributed by atoms with van der Waals surface area (Å²) in [4.78, 5) is 12.9. The second-order valence-electron chi connectivity index (χ2n) is 5.94. The van der Waals surface area contributed by atoms with Crippen LogP contribution in [-0.4, -0.2) is 26.2 Å². The van der Waals surface area contributed by atoms with Crippen molar-refractivity contribution >= 4 is 22.4 Å². The van der Waals surface area contributed by atoms with Crippen LogP contribution in [0.1, 0.15) is 21.7 Å². The van der Waals surface area contributed by atoms with Gasteiger partial charge < -0.3 is 5.32 Å². The van der Waals surface area contributed by atoms with E-state index >= 15 is 0 Å². The van der Waals surface area contributed by atoms with Crippen molar-refractivity contribution < 1.29 is 13.4 Å². The standard InChI is InChI=1S/C19H18FN3O2S/c1-12-10-13(2)23(22-12)18-9-6-15(11-17(18)20)21-19(24)14-4-7-16(8-5-14)26(3)25/h4-11H,1-3H3,(H,21,24). The number of carbonyl (C=O) groups is 1. The van der Waals surface area contributed by atoms with Crippen molar-refractivity contribution in [3.8, 4) is 5.69 Å². The Morgan fingerprint density at radius 1 is 1.12 bits per heavy atom. The first-order chi connectivity index (χ1) is 12.3. The van der Waals surface area contributed by atoms with Crippen molar-refractivity contribution in [2.45, 2.75) is 18.7 Å². The Morgan fingerprint density at radius 3 is 2.35 bits per heavy atom. The molecule has 5 nitrogen and oxygen atoms in total. The third-order valence-corrected chi connectivity index (χ3v) is 4.83. The highest BCUT2D eigenvalue weighted by atomic mass is 32.2. The molecule has 1 N–H and O–H groups in total. The molecule has 0 fully saturated rings. The summed E-state index contributed by atoms with van der Waals surface area (Å²) in [5.74, 6) is -0.845. The largest absolute Gasteiger partial charge is 0.322 e. The number of nitrogens with one attached hydrogen (secondary N) is 1. The second kappa shape index (κ2) is 7.21. The number of aromatic nitrogens is 2. The van der Waals surface area contributed by atoms with E-state index in [1.54, 1.807) is 42.7 Å². The lowest BCUT2D eigenvalue weighted by atomic mass is 10.2. The molecule has 1 unspecified atom stereocenters. The fourth-order valence-electron chi connectivity index (χ4n) is 2.63. The summed E-state index contributed by atoms with van der Waals surface area (Å²) in [5, 5.41) is 6.93. The zero-order valence-corrected chi connectivity index (χ0v) is 15.4. The Morgan fingerprint density at radius 2 is 1.81 bits per heavy atom. The molecule has 0 saturated carbocycles. The molecule has 0 saturated heterocycles. The van der Waals surface area contributed by atoms with Gasteiger partial charge >= 0.3 is 0 Å². The fraction of sp³-hybridized carbons (Fsp3) is 0.158. The normalized spacial score (nSPS) is 12.0. The highest BCUT2D eigenvalue weighted by Gasteiger charge is 2.12. The number of hydrogen-bond donors (Lipinski definition) is 1. The van der Waals surface area contributed by atoms with E-state index in [2.05, 4.69) is 10.4 Å². The van der Waals surface area contributed by atoms with Crippen LogP contribution in [0, 0.1) is 19.7 Å². The summed E-state index contributed by atoms with van der Waals surface area (Å²) in [6, 6.07) is 12.8. The van der Waals surface area contributed by atoms with E-state index < -0.39 is 16.6 Å². The number of anilines is 1. The molecule has 26 heavy (non-hydrogen) atoms. The molecule has 1 atom stereocenters. The summed E-state index contributed by atoms with van der Waals surface area (Å²) in [6.07, 6.45) is 1.57. The van der Waals surface area contributed by atoms with Gasteiger partial charge in [0.15, 0.2) is 5.82 Å². The van der Waals surface area contributed by atoms with Gasteiger partial charge in [0.1, 0.15) is 5.69 Å². The van der Waals surface area contributed by atoms with Gasteiger partial charge in [-0.25, -0.2) is 9.07 Å². The van der Waals surface area contributed by atoms with Crippen molar-refractivity contribution in [3.05, 3.63) is 71.3 Å². The predicted molar refractivity (Wildman–Crippen MR) is 99.7 cm³/mol. The van der Waals surface area contributed by atoms with E-state index in [0.29, 0.717) is 21.8 Å². The van der Waals surface area contributed by atoms with Gasteiger partial charge in [0.25, 0.3) is 5.91 Å². The predicted octanol–water partition coefficient (Wildman–Crippen LogP) is 3.62. The minimum absolute atomic E-state index is 0.323. The highest BCUT2D eigenvalue weighted by molar-refractivity contribution is 7.84. The highest BCUT2D eigenvalue weighted by Crippen LogP contribution is 2.20. The molecule has 0 aliphatic carbocycles. The van der Waals surface area contributed by atoms with Crippen molar-refractivity contribution in [1.82, 2.24) is 9.78 Å². The smallest absolute Gasteiger partial charge is 0.255 e. The molecule has 7 heteroatoms. The van der Waals surface area contributed by atoms with Crippen LogP contribution in [0.4, 0.5) is 10.1 Å². The Balaban J connectivity index is 1.80. The van der Waals surface area contributed by atoms with Gasteiger partial charge in [-0.15, -0.1) is 0 Å². The molecule has 0 radical (unpaired) electrons. The second-order valence-corrected chi connectivity index (χ2v) is 7.32. The maximum Gasteiger partial charge on any atom is 0.255 e. The number of carbonyl (C=O) groups excluding carboxylic acids is 1. The molecule has 1 aromatic heterocycles. The van der Waals surface area contributed by atoms with Crippen LogP contribution in [-0.2, 0) is 10.8 Å². The number of hydrogen-bond acceptors (Lipinski definition) is 3. The number of rotatable bonds is 4. The van der Waals surface area contributed by atoms with Crippen LogP contribution >= 0.6 is 0 Å². The molecule has 3 rings (SSSR count). The summed E-state index contributed by atoms with van der Waals surface area (Å²) in [5.41, 5.74) is 2.70. The number of amides is 1. The first-order valence-electron chi connectivity index (χ1n) is 7.93. The van der Waals surface area contributed by atoms with E-state index in [4.69, 9.17) is 0 Å². The SMILES string of the molecule is Cc1cc(C)n(-c2ccc(NC(=O)c3ccc(S(C)=O)cc3)cc2F)n1. The lowest BCUT2D eigenvalue weighted by Crippen LogP contribution is -2.12. The number of halogens is 1. The Kier molecular flexibility index (Phi) is 4.99. The van der Waals surface area contributed by atoms with Gasteiger partial charge in [-0.3, -0.25) is 9.00 Å². The van der Waals surface area contributed by atoms with Crippen molar-refractivity contribution in [2.24, 2.45) is 0 Å².